The van der Waals surface area contributed by atoms with E-state index in [0.29, 0.717) is 0 Å². The van der Waals surface area contributed by atoms with Crippen molar-refractivity contribution in [3.8, 4) is 0 Å². The summed E-state index contributed by atoms with van der Waals surface area (Å²) in [6.45, 7) is 10.7. The number of hydrogen-bond acceptors (Lipinski definition) is 0. The molecule has 0 nitrogen and oxygen atoms in total. The minimum absolute atomic E-state index is 0.743. The fourth-order valence-corrected chi connectivity index (χ4v) is 2.47. The van der Waals surface area contributed by atoms with E-state index in [9.17, 15) is 0 Å². The molecule has 1 fully saturated rings. The van der Waals surface area contributed by atoms with Crippen LogP contribution in [0.15, 0.2) is 18.4 Å². The van der Waals surface area contributed by atoms with Crippen molar-refractivity contribution in [1.29, 1.82) is 0 Å². The molecule has 1 rings (SSSR count). The summed E-state index contributed by atoms with van der Waals surface area (Å²) in [5.74, 6) is 3.38. The largest absolute Gasteiger partial charge is 0.133 e. The van der Waals surface area contributed by atoms with Crippen LogP contribution in [0.2, 0.25) is 0 Å². The summed E-state index contributed by atoms with van der Waals surface area (Å²) in [6, 6.07) is 0. The van der Waals surface area contributed by atoms with Crippen LogP contribution in [0.5, 0.6) is 0 Å². The number of rotatable bonds is 2. The molecule has 74 valence electrons. The molecular formula is C13H22. The van der Waals surface area contributed by atoms with Crippen LogP contribution in [0.1, 0.15) is 40.0 Å². The lowest BCUT2D eigenvalue weighted by atomic mass is 9.71. The Hall–Kier alpha value is -0.480. The lowest BCUT2D eigenvalue weighted by Gasteiger charge is -2.34. The van der Waals surface area contributed by atoms with E-state index in [1.54, 1.807) is 0 Å². The van der Waals surface area contributed by atoms with Crippen LogP contribution < -0.4 is 0 Å². The maximum Gasteiger partial charge on any atom is -0.0132 e. The highest BCUT2D eigenvalue weighted by atomic mass is 14.3. The second-order valence-electron chi connectivity index (χ2n) is 4.83. The lowest BCUT2D eigenvalue weighted by Crippen LogP contribution is -2.24. The van der Waals surface area contributed by atoms with Crippen molar-refractivity contribution in [3.05, 3.63) is 18.4 Å². The molecule has 0 saturated heterocycles. The average molecular weight is 178 g/mol. The van der Waals surface area contributed by atoms with E-state index in [4.69, 9.17) is 0 Å². The predicted octanol–water partition coefficient (Wildman–Crippen LogP) is 4.04. The van der Waals surface area contributed by atoms with Gasteiger partial charge >= 0.3 is 0 Å². The van der Waals surface area contributed by atoms with E-state index in [-0.39, 0.29) is 0 Å². The van der Waals surface area contributed by atoms with Crippen molar-refractivity contribution in [2.24, 2.45) is 23.7 Å². The zero-order valence-electron chi connectivity index (χ0n) is 9.22. The van der Waals surface area contributed by atoms with Gasteiger partial charge in [0.1, 0.15) is 0 Å². The average Bonchev–Trinajstić information content (AvgIpc) is 2.08. The summed E-state index contributed by atoms with van der Waals surface area (Å²) in [5.41, 5.74) is 2.94. The zero-order valence-corrected chi connectivity index (χ0v) is 9.22. The molecule has 0 aromatic carbocycles. The summed E-state index contributed by atoms with van der Waals surface area (Å²) in [4.78, 5) is 0. The van der Waals surface area contributed by atoms with E-state index in [0.717, 1.165) is 23.7 Å². The van der Waals surface area contributed by atoms with Gasteiger partial charge in [-0.15, -0.1) is 5.73 Å². The molecule has 0 heterocycles. The van der Waals surface area contributed by atoms with Crippen molar-refractivity contribution in [2.75, 3.05) is 0 Å². The molecule has 0 aromatic heterocycles. The highest BCUT2D eigenvalue weighted by Crippen LogP contribution is 2.37. The molecule has 0 heteroatoms. The van der Waals surface area contributed by atoms with Gasteiger partial charge in [0.15, 0.2) is 0 Å². The fraction of sp³-hybridized carbons (Fsp3) is 0.769. The Morgan fingerprint density at radius 3 is 2.54 bits per heavy atom. The van der Waals surface area contributed by atoms with E-state index in [1.165, 1.54) is 19.3 Å². The predicted molar refractivity (Wildman–Crippen MR) is 58.5 cm³/mol. The molecule has 1 aliphatic carbocycles. The van der Waals surface area contributed by atoms with Gasteiger partial charge in [-0.05, 0) is 49.0 Å². The molecule has 0 spiro atoms. The molecule has 13 heavy (non-hydrogen) atoms. The van der Waals surface area contributed by atoms with Crippen molar-refractivity contribution >= 4 is 0 Å². The molecule has 3 atom stereocenters. The van der Waals surface area contributed by atoms with Crippen LogP contribution in [0.4, 0.5) is 0 Å². The SMILES string of the molecule is C=C=CC1CCC(C(C)C)CC1C. The van der Waals surface area contributed by atoms with Crippen molar-refractivity contribution in [3.63, 3.8) is 0 Å². The zero-order chi connectivity index (χ0) is 9.84. The molecular weight excluding hydrogens is 156 g/mol. The third kappa shape index (κ3) is 2.74. The Kier molecular flexibility index (Phi) is 3.81. The second kappa shape index (κ2) is 4.67. The third-order valence-electron chi connectivity index (χ3n) is 3.55. The molecule has 1 saturated carbocycles. The first-order valence-corrected chi connectivity index (χ1v) is 5.51. The topological polar surface area (TPSA) is 0 Å². The lowest BCUT2D eigenvalue weighted by molar-refractivity contribution is 0.187. The third-order valence-corrected chi connectivity index (χ3v) is 3.55. The number of hydrogen-bond donors (Lipinski definition) is 0. The molecule has 0 aromatic rings. The Morgan fingerprint density at radius 2 is 2.08 bits per heavy atom. The smallest absolute Gasteiger partial charge is 0.0132 e. The maximum atomic E-state index is 3.66. The molecule has 0 amide bonds. The van der Waals surface area contributed by atoms with Crippen molar-refractivity contribution < 1.29 is 0 Å². The van der Waals surface area contributed by atoms with Crippen LogP contribution in [0.3, 0.4) is 0 Å². The van der Waals surface area contributed by atoms with E-state index >= 15 is 0 Å². The first kappa shape index (κ1) is 10.6. The first-order valence-electron chi connectivity index (χ1n) is 5.51. The normalized spacial score (nSPS) is 34.3. The minimum atomic E-state index is 0.743. The van der Waals surface area contributed by atoms with Gasteiger partial charge in [0, 0.05) is 0 Å². The van der Waals surface area contributed by atoms with Gasteiger partial charge in [0.25, 0.3) is 0 Å². The first-order chi connectivity index (χ1) is 6.15. The van der Waals surface area contributed by atoms with Gasteiger partial charge in [0.2, 0.25) is 0 Å². The Bertz CT molecular complexity index is 196. The van der Waals surface area contributed by atoms with Gasteiger partial charge in [-0.25, -0.2) is 0 Å². The maximum absolute atomic E-state index is 3.66. The van der Waals surface area contributed by atoms with Crippen LogP contribution in [0, 0.1) is 23.7 Å². The van der Waals surface area contributed by atoms with Gasteiger partial charge in [-0.1, -0.05) is 27.4 Å². The van der Waals surface area contributed by atoms with Crippen LogP contribution in [0.25, 0.3) is 0 Å². The Morgan fingerprint density at radius 1 is 1.38 bits per heavy atom. The Labute approximate surface area is 82.7 Å². The molecule has 0 bridgehead atoms. The summed E-state index contributed by atoms with van der Waals surface area (Å²) < 4.78 is 0. The quantitative estimate of drug-likeness (QED) is 0.560. The van der Waals surface area contributed by atoms with Crippen LogP contribution in [-0.4, -0.2) is 0 Å². The summed E-state index contributed by atoms with van der Waals surface area (Å²) in [5, 5.41) is 0. The molecule has 0 radical (unpaired) electrons. The summed E-state index contributed by atoms with van der Waals surface area (Å²) in [7, 11) is 0. The van der Waals surface area contributed by atoms with Gasteiger partial charge < -0.3 is 0 Å². The van der Waals surface area contributed by atoms with Gasteiger partial charge in [-0.2, -0.15) is 0 Å². The van der Waals surface area contributed by atoms with Gasteiger partial charge in [-0.3, -0.25) is 0 Å². The van der Waals surface area contributed by atoms with E-state index in [1.807, 2.05) is 0 Å². The highest BCUT2D eigenvalue weighted by molar-refractivity contribution is 4.91. The summed E-state index contributed by atoms with van der Waals surface area (Å²) in [6.07, 6.45) is 6.29. The monoisotopic (exact) mass is 178 g/mol. The summed E-state index contributed by atoms with van der Waals surface area (Å²) >= 11 is 0. The second-order valence-corrected chi connectivity index (χ2v) is 4.83. The van der Waals surface area contributed by atoms with Crippen LogP contribution >= 0.6 is 0 Å². The van der Waals surface area contributed by atoms with Crippen molar-refractivity contribution in [2.45, 2.75) is 40.0 Å². The molecule has 0 aliphatic heterocycles. The van der Waals surface area contributed by atoms with E-state index in [2.05, 4.69) is 39.2 Å². The highest BCUT2D eigenvalue weighted by Gasteiger charge is 2.27. The Balaban J connectivity index is 2.51. The van der Waals surface area contributed by atoms with Gasteiger partial charge in [0.05, 0.1) is 0 Å². The molecule has 0 N–H and O–H groups in total. The molecule has 1 aliphatic rings. The molecule has 3 unspecified atom stereocenters. The van der Waals surface area contributed by atoms with Crippen LogP contribution in [-0.2, 0) is 0 Å². The minimum Gasteiger partial charge on any atom is -0.133 e. The number of allylic oxidation sites excluding steroid dienone is 1. The standard InChI is InChI=1S/C13H22/c1-5-6-12-7-8-13(10(2)3)9-11(12)4/h6,10-13H,1,7-9H2,2-4H3. The van der Waals surface area contributed by atoms with Crippen molar-refractivity contribution in [1.82, 2.24) is 0 Å². The fourth-order valence-electron chi connectivity index (χ4n) is 2.47. The van der Waals surface area contributed by atoms with E-state index < -0.39 is 0 Å².